The number of nitrogens with one attached hydrogen (secondary N) is 1. The van der Waals surface area contributed by atoms with Crippen molar-refractivity contribution in [3.63, 3.8) is 0 Å². The lowest BCUT2D eigenvalue weighted by molar-refractivity contribution is -0.117. The van der Waals surface area contributed by atoms with Gasteiger partial charge < -0.3 is 10.2 Å². The standard InChI is InChI=1S/C23H24N4O2S/c1-2-17-7-9-18(10-8-17)15-27-21(11-13-24-27)25-22(28)12-14-26-19-5-3-4-6-20(19)30-16-23(26)29/h3-11,13H,2,12,14-16H2,1H3,(H,25,28). The van der Waals surface area contributed by atoms with Gasteiger partial charge in [-0.15, -0.1) is 11.8 Å². The zero-order valence-electron chi connectivity index (χ0n) is 16.9. The molecule has 154 valence electrons. The van der Waals surface area contributed by atoms with E-state index in [1.54, 1.807) is 33.6 Å². The number of carbonyl (C=O) groups is 2. The van der Waals surface area contributed by atoms with Crippen LogP contribution < -0.4 is 10.2 Å². The topological polar surface area (TPSA) is 67.2 Å². The SMILES string of the molecule is CCc1ccc(Cn2nccc2NC(=O)CCN2C(=O)CSc3ccccc32)cc1. The van der Waals surface area contributed by atoms with Crippen molar-refractivity contribution in [3.05, 3.63) is 71.9 Å². The Morgan fingerprint density at radius 3 is 2.67 bits per heavy atom. The number of amides is 2. The van der Waals surface area contributed by atoms with Crippen LogP contribution in [0.5, 0.6) is 0 Å². The van der Waals surface area contributed by atoms with Gasteiger partial charge in [0.15, 0.2) is 0 Å². The van der Waals surface area contributed by atoms with Crippen LogP contribution in [0.2, 0.25) is 0 Å². The Morgan fingerprint density at radius 1 is 1.10 bits per heavy atom. The molecule has 4 rings (SSSR count). The zero-order chi connectivity index (χ0) is 20.9. The van der Waals surface area contributed by atoms with E-state index in [-0.39, 0.29) is 18.2 Å². The molecular formula is C23H24N4O2S. The molecule has 2 aromatic carbocycles. The molecule has 0 radical (unpaired) electrons. The van der Waals surface area contributed by atoms with Crippen LogP contribution >= 0.6 is 11.8 Å². The summed E-state index contributed by atoms with van der Waals surface area (Å²) in [6.07, 6.45) is 2.91. The molecule has 0 aliphatic carbocycles. The van der Waals surface area contributed by atoms with Gasteiger partial charge in [0.1, 0.15) is 5.82 Å². The van der Waals surface area contributed by atoms with Crippen LogP contribution in [0.25, 0.3) is 0 Å². The van der Waals surface area contributed by atoms with Gasteiger partial charge >= 0.3 is 0 Å². The molecule has 1 aromatic heterocycles. The largest absolute Gasteiger partial charge is 0.311 e. The van der Waals surface area contributed by atoms with E-state index in [1.165, 1.54) is 5.56 Å². The fourth-order valence-corrected chi connectivity index (χ4v) is 4.37. The number of para-hydroxylation sites is 1. The number of nitrogens with zero attached hydrogens (tertiary/aromatic N) is 3. The molecule has 7 heteroatoms. The molecule has 2 amide bonds. The highest BCUT2D eigenvalue weighted by Gasteiger charge is 2.24. The smallest absolute Gasteiger partial charge is 0.237 e. The lowest BCUT2D eigenvalue weighted by Crippen LogP contribution is -2.37. The quantitative estimate of drug-likeness (QED) is 0.628. The van der Waals surface area contributed by atoms with Gasteiger partial charge in [0.25, 0.3) is 0 Å². The molecular weight excluding hydrogens is 396 g/mol. The molecule has 1 aliphatic rings. The van der Waals surface area contributed by atoms with Gasteiger partial charge in [0, 0.05) is 23.9 Å². The first-order valence-electron chi connectivity index (χ1n) is 10.1. The zero-order valence-corrected chi connectivity index (χ0v) is 17.7. The first kappa shape index (κ1) is 20.2. The van der Waals surface area contributed by atoms with Crippen molar-refractivity contribution in [2.45, 2.75) is 31.2 Å². The summed E-state index contributed by atoms with van der Waals surface area (Å²) in [7, 11) is 0. The van der Waals surface area contributed by atoms with Crippen molar-refractivity contribution in [1.29, 1.82) is 0 Å². The molecule has 0 fully saturated rings. The number of benzene rings is 2. The summed E-state index contributed by atoms with van der Waals surface area (Å²) in [6.45, 7) is 3.07. The predicted molar refractivity (Wildman–Crippen MR) is 120 cm³/mol. The van der Waals surface area contributed by atoms with Crippen LogP contribution in [-0.2, 0) is 22.6 Å². The van der Waals surface area contributed by atoms with E-state index in [1.807, 2.05) is 24.3 Å². The van der Waals surface area contributed by atoms with Crippen LogP contribution in [0.3, 0.4) is 0 Å². The molecule has 6 nitrogen and oxygen atoms in total. The number of fused-ring (bicyclic) bond motifs is 1. The van der Waals surface area contributed by atoms with Crippen molar-refractivity contribution in [2.75, 3.05) is 22.5 Å². The van der Waals surface area contributed by atoms with E-state index in [4.69, 9.17) is 0 Å². The third-order valence-corrected chi connectivity index (χ3v) is 6.17. The summed E-state index contributed by atoms with van der Waals surface area (Å²) >= 11 is 1.54. The molecule has 0 bridgehead atoms. The number of aryl methyl sites for hydroxylation is 1. The van der Waals surface area contributed by atoms with Gasteiger partial charge in [0.05, 0.1) is 24.2 Å². The Morgan fingerprint density at radius 2 is 1.87 bits per heavy atom. The Labute approximate surface area is 180 Å². The van der Waals surface area contributed by atoms with Crippen molar-refractivity contribution in [1.82, 2.24) is 9.78 Å². The maximum atomic E-state index is 12.6. The van der Waals surface area contributed by atoms with Gasteiger partial charge in [-0.05, 0) is 29.7 Å². The predicted octanol–water partition coefficient (Wildman–Crippen LogP) is 3.96. The van der Waals surface area contributed by atoms with Gasteiger partial charge in [-0.3, -0.25) is 9.59 Å². The molecule has 1 N–H and O–H groups in total. The fraction of sp³-hybridized carbons (Fsp3) is 0.261. The summed E-state index contributed by atoms with van der Waals surface area (Å²) in [5.41, 5.74) is 3.30. The number of aromatic nitrogens is 2. The van der Waals surface area contributed by atoms with E-state index in [2.05, 4.69) is 41.6 Å². The van der Waals surface area contributed by atoms with Crippen molar-refractivity contribution >= 4 is 35.1 Å². The Balaban J connectivity index is 1.37. The van der Waals surface area contributed by atoms with Crippen molar-refractivity contribution < 1.29 is 9.59 Å². The molecule has 1 aliphatic heterocycles. The number of hydrogen-bond acceptors (Lipinski definition) is 4. The van der Waals surface area contributed by atoms with E-state index in [0.29, 0.717) is 24.7 Å². The first-order valence-corrected chi connectivity index (χ1v) is 11.0. The Bertz CT molecular complexity index is 1050. The van der Waals surface area contributed by atoms with Crippen LogP contribution in [0.4, 0.5) is 11.5 Å². The first-order chi connectivity index (χ1) is 14.6. The van der Waals surface area contributed by atoms with Crippen LogP contribution in [0.15, 0.2) is 65.7 Å². The monoisotopic (exact) mass is 420 g/mol. The third kappa shape index (κ3) is 4.57. The lowest BCUT2D eigenvalue weighted by Gasteiger charge is -2.28. The average Bonchev–Trinajstić information content (AvgIpc) is 3.20. The van der Waals surface area contributed by atoms with Crippen molar-refractivity contribution in [2.24, 2.45) is 0 Å². The fourth-order valence-electron chi connectivity index (χ4n) is 3.44. The Hall–Kier alpha value is -3.06. The molecule has 2 heterocycles. The third-order valence-electron chi connectivity index (χ3n) is 5.12. The highest BCUT2D eigenvalue weighted by atomic mass is 32.2. The summed E-state index contributed by atoms with van der Waals surface area (Å²) in [4.78, 5) is 27.7. The highest BCUT2D eigenvalue weighted by molar-refractivity contribution is 8.00. The summed E-state index contributed by atoms with van der Waals surface area (Å²) < 4.78 is 1.77. The molecule has 0 saturated carbocycles. The number of thioether (sulfide) groups is 1. The van der Waals surface area contributed by atoms with Crippen LogP contribution in [0, 0.1) is 0 Å². The minimum atomic E-state index is -0.137. The van der Waals surface area contributed by atoms with Gasteiger partial charge in [-0.25, -0.2) is 4.68 Å². The van der Waals surface area contributed by atoms with Gasteiger partial charge in [0.2, 0.25) is 11.8 Å². The maximum absolute atomic E-state index is 12.6. The summed E-state index contributed by atoms with van der Waals surface area (Å²) in [5.74, 6) is 0.955. The second kappa shape index (κ2) is 9.17. The second-order valence-corrected chi connectivity index (χ2v) is 8.16. The summed E-state index contributed by atoms with van der Waals surface area (Å²) in [6, 6.07) is 18.0. The number of carbonyl (C=O) groups excluding carboxylic acids is 2. The minimum Gasteiger partial charge on any atom is -0.311 e. The number of hydrogen-bond donors (Lipinski definition) is 1. The van der Waals surface area contributed by atoms with Crippen LogP contribution in [0.1, 0.15) is 24.5 Å². The lowest BCUT2D eigenvalue weighted by atomic mass is 10.1. The Kier molecular flexibility index (Phi) is 6.18. The average molecular weight is 421 g/mol. The molecule has 3 aromatic rings. The minimum absolute atomic E-state index is 0.0343. The van der Waals surface area contributed by atoms with Crippen LogP contribution in [-0.4, -0.2) is 33.9 Å². The molecule has 0 spiro atoms. The van der Waals surface area contributed by atoms with Crippen molar-refractivity contribution in [3.8, 4) is 0 Å². The molecule has 0 saturated heterocycles. The highest BCUT2D eigenvalue weighted by Crippen LogP contribution is 2.34. The van der Waals surface area contributed by atoms with E-state index >= 15 is 0 Å². The second-order valence-electron chi connectivity index (χ2n) is 7.14. The summed E-state index contributed by atoms with van der Waals surface area (Å²) in [5, 5.41) is 7.26. The van der Waals surface area contributed by atoms with Gasteiger partial charge in [-0.2, -0.15) is 5.10 Å². The molecule has 30 heavy (non-hydrogen) atoms. The van der Waals surface area contributed by atoms with E-state index in [0.717, 1.165) is 22.6 Å². The molecule has 0 unspecified atom stereocenters. The normalized spacial score (nSPS) is 13.2. The molecule has 0 atom stereocenters. The van der Waals surface area contributed by atoms with E-state index in [9.17, 15) is 9.59 Å². The van der Waals surface area contributed by atoms with Gasteiger partial charge in [-0.1, -0.05) is 43.3 Å². The number of anilines is 2. The van der Waals surface area contributed by atoms with E-state index < -0.39 is 0 Å². The number of rotatable bonds is 7. The maximum Gasteiger partial charge on any atom is 0.237 e.